The van der Waals surface area contributed by atoms with Crippen LogP contribution in [0.25, 0.3) is 22.2 Å². The Kier molecular flexibility index (Phi) is 9.60. The van der Waals surface area contributed by atoms with Gasteiger partial charge >= 0.3 is 0 Å². The number of amides is 1. The van der Waals surface area contributed by atoms with Gasteiger partial charge in [-0.1, -0.05) is 78.9 Å². The molecule has 3 atom stereocenters. The zero-order valence-electron chi connectivity index (χ0n) is 26.1. The maximum Gasteiger partial charge on any atom is 0.271 e. The predicted octanol–water partition coefficient (Wildman–Crippen LogP) is 5.60. The number of aromatic nitrogens is 2. The Morgan fingerprint density at radius 1 is 0.830 bits per heavy atom. The summed E-state index contributed by atoms with van der Waals surface area (Å²) < 4.78 is 18.7. The van der Waals surface area contributed by atoms with Crippen LogP contribution in [0.4, 0.5) is 0 Å². The molecule has 1 amide bonds. The van der Waals surface area contributed by atoms with Crippen molar-refractivity contribution >= 4 is 16.9 Å². The molecule has 47 heavy (non-hydrogen) atoms. The minimum Gasteiger partial charge on any atom is -0.392 e. The quantitative estimate of drug-likeness (QED) is 0.217. The number of morpholine rings is 1. The first-order valence-electron chi connectivity index (χ1n) is 16.1. The summed E-state index contributed by atoms with van der Waals surface area (Å²) in [5, 5.41) is 12.5. The number of carbonyl (C=O) groups is 1. The molecular formula is C38H38N4O5. The highest BCUT2D eigenvalue weighted by atomic mass is 16.7. The Morgan fingerprint density at radius 2 is 1.60 bits per heavy atom. The Balaban J connectivity index is 1.03. The van der Waals surface area contributed by atoms with Gasteiger partial charge in [0.15, 0.2) is 6.29 Å². The summed E-state index contributed by atoms with van der Waals surface area (Å²) in [6, 6.07) is 31.9. The summed E-state index contributed by atoms with van der Waals surface area (Å²) in [5.41, 5.74) is 7.73. The van der Waals surface area contributed by atoms with Crippen molar-refractivity contribution in [3.63, 3.8) is 0 Å². The molecule has 7 rings (SSSR count). The lowest BCUT2D eigenvalue weighted by Crippen LogP contribution is -2.44. The third-order valence-electron chi connectivity index (χ3n) is 8.76. The molecule has 0 aliphatic carbocycles. The molecule has 2 aliphatic heterocycles. The number of hydrogen-bond donors (Lipinski definition) is 2. The lowest BCUT2D eigenvalue weighted by molar-refractivity contribution is -0.253. The highest BCUT2D eigenvalue weighted by Gasteiger charge is 2.33. The molecule has 3 unspecified atom stereocenters. The summed E-state index contributed by atoms with van der Waals surface area (Å²) in [6.45, 7) is 4.49. The number of nitrogens with one attached hydrogen (secondary N) is 1. The van der Waals surface area contributed by atoms with Crippen molar-refractivity contribution in [1.82, 2.24) is 20.2 Å². The minimum absolute atomic E-state index is 0.00141. The predicted molar refractivity (Wildman–Crippen MR) is 178 cm³/mol. The van der Waals surface area contributed by atoms with Crippen LogP contribution >= 0.6 is 0 Å². The first-order chi connectivity index (χ1) is 23.1. The fourth-order valence-corrected chi connectivity index (χ4v) is 6.14. The molecule has 0 bridgehead atoms. The summed E-state index contributed by atoms with van der Waals surface area (Å²) >= 11 is 0. The highest BCUT2D eigenvalue weighted by Crippen LogP contribution is 2.38. The Morgan fingerprint density at radius 3 is 2.38 bits per heavy atom. The van der Waals surface area contributed by atoms with Crippen molar-refractivity contribution in [2.24, 2.45) is 0 Å². The molecule has 3 heterocycles. The molecule has 2 aliphatic rings. The van der Waals surface area contributed by atoms with E-state index in [1.807, 2.05) is 60.7 Å². The SMILES string of the molecule is O=C(NCc1cccc(-c2ccc(C3OC(CN4CCOCC4)CC(c4ccc(CO)cc4)O3)cc2)c1)c1cnc2ccccc2n1. The fraction of sp³-hybridized carbons (Fsp3) is 0.289. The van der Waals surface area contributed by atoms with E-state index in [1.54, 1.807) is 0 Å². The number of hydrogen-bond acceptors (Lipinski definition) is 8. The molecule has 9 nitrogen and oxygen atoms in total. The van der Waals surface area contributed by atoms with Gasteiger partial charge in [0, 0.05) is 38.2 Å². The van der Waals surface area contributed by atoms with Gasteiger partial charge < -0.3 is 24.6 Å². The van der Waals surface area contributed by atoms with Crippen molar-refractivity contribution in [3.8, 4) is 11.1 Å². The number of benzene rings is 4. The van der Waals surface area contributed by atoms with Gasteiger partial charge in [0.25, 0.3) is 5.91 Å². The number of rotatable bonds is 9. The zero-order valence-corrected chi connectivity index (χ0v) is 26.1. The van der Waals surface area contributed by atoms with Crippen LogP contribution in [0.5, 0.6) is 0 Å². The van der Waals surface area contributed by atoms with Crippen LogP contribution in [0.15, 0.2) is 103 Å². The third kappa shape index (κ3) is 7.56. The van der Waals surface area contributed by atoms with Crippen LogP contribution in [-0.2, 0) is 27.4 Å². The highest BCUT2D eigenvalue weighted by molar-refractivity contribution is 5.93. The second-order valence-electron chi connectivity index (χ2n) is 12.0. The van der Waals surface area contributed by atoms with Gasteiger partial charge in [-0.15, -0.1) is 0 Å². The van der Waals surface area contributed by atoms with Gasteiger partial charge in [-0.25, -0.2) is 4.98 Å². The van der Waals surface area contributed by atoms with E-state index in [0.29, 0.717) is 17.8 Å². The lowest BCUT2D eigenvalue weighted by atomic mass is 9.99. The Labute approximate surface area is 274 Å². The monoisotopic (exact) mass is 630 g/mol. The molecule has 0 radical (unpaired) electrons. The lowest BCUT2D eigenvalue weighted by Gasteiger charge is -2.39. The van der Waals surface area contributed by atoms with Gasteiger partial charge in [-0.3, -0.25) is 14.7 Å². The van der Waals surface area contributed by atoms with E-state index in [1.165, 1.54) is 6.20 Å². The molecule has 5 aromatic rings. The van der Waals surface area contributed by atoms with Crippen molar-refractivity contribution in [1.29, 1.82) is 0 Å². The van der Waals surface area contributed by atoms with Crippen LogP contribution in [0.1, 0.15) is 51.6 Å². The number of nitrogens with zero attached hydrogens (tertiary/aromatic N) is 3. The normalized spacial score (nSPS) is 20.2. The fourth-order valence-electron chi connectivity index (χ4n) is 6.14. The van der Waals surface area contributed by atoms with Gasteiger partial charge in [0.05, 0.1) is 49.3 Å². The molecule has 0 saturated carbocycles. The average molecular weight is 631 g/mol. The molecular weight excluding hydrogens is 592 g/mol. The average Bonchev–Trinajstić information content (AvgIpc) is 3.14. The van der Waals surface area contributed by atoms with Gasteiger partial charge in [0.1, 0.15) is 5.69 Å². The minimum atomic E-state index is -0.508. The van der Waals surface area contributed by atoms with Crippen molar-refractivity contribution in [2.75, 3.05) is 32.8 Å². The standard InChI is InChI=1S/C38H38N4O5/c43-25-26-8-10-29(11-9-26)36-21-32(24-42-16-18-45-19-17-42)46-38(47-36)30-14-12-28(13-15-30)31-5-3-4-27(20-31)22-40-37(44)35-23-39-33-6-1-2-7-34(33)41-35/h1-15,20,23,32,36,38,43H,16-19,21-22,24-25H2,(H,40,44). The Hall–Kier alpha value is -4.51. The number of aliphatic hydroxyl groups excluding tert-OH is 1. The van der Waals surface area contributed by atoms with Crippen LogP contribution in [0.2, 0.25) is 0 Å². The second-order valence-corrected chi connectivity index (χ2v) is 12.0. The van der Waals surface area contributed by atoms with E-state index < -0.39 is 6.29 Å². The first-order valence-corrected chi connectivity index (χ1v) is 16.1. The molecule has 4 aromatic carbocycles. The van der Waals surface area contributed by atoms with E-state index in [-0.39, 0.29) is 24.7 Å². The number of aliphatic hydroxyl groups is 1. The van der Waals surface area contributed by atoms with E-state index >= 15 is 0 Å². The molecule has 2 saturated heterocycles. The van der Waals surface area contributed by atoms with Crippen molar-refractivity contribution in [3.05, 3.63) is 131 Å². The number of carbonyl (C=O) groups excluding carboxylic acids is 1. The largest absolute Gasteiger partial charge is 0.392 e. The molecule has 2 fully saturated rings. The maximum absolute atomic E-state index is 12.8. The molecule has 9 heteroatoms. The van der Waals surface area contributed by atoms with Crippen molar-refractivity contribution < 1.29 is 24.1 Å². The van der Waals surface area contributed by atoms with Gasteiger partial charge in [-0.2, -0.15) is 0 Å². The summed E-state index contributed by atoms with van der Waals surface area (Å²) in [5.74, 6) is -0.264. The summed E-state index contributed by atoms with van der Waals surface area (Å²) in [6.07, 6.45) is 1.63. The second kappa shape index (κ2) is 14.5. The van der Waals surface area contributed by atoms with Crippen LogP contribution in [0, 0.1) is 0 Å². The first kappa shape index (κ1) is 31.1. The van der Waals surface area contributed by atoms with Crippen LogP contribution < -0.4 is 5.32 Å². The van der Waals surface area contributed by atoms with E-state index in [0.717, 1.165) is 78.2 Å². The zero-order chi connectivity index (χ0) is 32.0. The van der Waals surface area contributed by atoms with E-state index in [2.05, 4.69) is 56.6 Å². The Bertz CT molecular complexity index is 1810. The third-order valence-corrected chi connectivity index (χ3v) is 8.76. The molecule has 240 valence electrons. The van der Waals surface area contributed by atoms with E-state index in [9.17, 15) is 9.90 Å². The molecule has 1 aromatic heterocycles. The summed E-state index contributed by atoms with van der Waals surface area (Å²) in [4.78, 5) is 24.0. The van der Waals surface area contributed by atoms with Gasteiger partial charge in [0.2, 0.25) is 0 Å². The molecule has 2 N–H and O–H groups in total. The maximum atomic E-state index is 12.8. The number of fused-ring (bicyclic) bond motifs is 1. The van der Waals surface area contributed by atoms with Crippen LogP contribution in [-0.4, -0.2) is 64.8 Å². The summed E-state index contributed by atoms with van der Waals surface area (Å²) in [7, 11) is 0. The molecule has 0 spiro atoms. The van der Waals surface area contributed by atoms with Crippen molar-refractivity contribution in [2.45, 2.75) is 38.1 Å². The number of para-hydroxylation sites is 2. The smallest absolute Gasteiger partial charge is 0.271 e. The number of ether oxygens (including phenoxy) is 3. The van der Waals surface area contributed by atoms with Crippen LogP contribution in [0.3, 0.4) is 0 Å². The van der Waals surface area contributed by atoms with Gasteiger partial charge in [-0.05, 0) is 46.0 Å². The van der Waals surface area contributed by atoms with E-state index in [4.69, 9.17) is 14.2 Å². The topological polar surface area (TPSA) is 106 Å².